The number of rotatable bonds is 2. The van der Waals surface area contributed by atoms with Crippen LogP contribution in [-0.2, 0) is 0 Å². The van der Waals surface area contributed by atoms with Crippen LogP contribution in [0.2, 0.25) is 0 Å². The third-order valence-corrected chi connectivity index (χ3v) is 3.33. The molecule has 0 amide bonds. The highest BCUT2D eigenvalue weighted by Gasteiger charge is 2.10. The summed E-state index contributed by atoms with van der Waals surface area (Å²) in [7, 11) is 0. The largest absolute Gasteiger partial charge is 0.435 e. The van der Waals surface area contributed by atoms with Crippen molar-refractivity contribution in [2.75, 3.05) is 5.73 Å². The maximum Gasteiger partial charge on any atom is 0.233 e. The maximum absolute atomic E-state index is 5.85. The van der Waals surface area contributed by atoms with Crippen molar-refractivity contribution in [1.29, 1.82) is 0 Å². The third-order valence-electron chi connectivity index (χ3n) is 2.14. The molecular formula is C12H10Br2N2O. The molecule has 0 aliphatic heterocycles. The molecule has 17 heavy (non-hydrogen) atoms. The fraction of sp³-hybridized carbons (Fsp3) is 0.0833. The summed E-state index contributed by atoms with van der Waals surface area (Å²) >= 11 is 6.81. The number of pyridine rings is 1. The number of nitrogens with two attached hydrogens (primary N) is 1. The minimum absolute atomic E-state index is 0.495. The van der Waals surface area contributed by atoms with Crippen molar-refractivity contribution in [3.63, 3.8) is 0 Å². The van der Waals surface area contributed by atoms with Crippen LogP contribution in [0.5, 0.6) is 11.6 Å². The second-order valence-electron chi connectivity index (χ2n) is 3.56. The Kier molecular flexibility index (Phi) is 3.69. The predicted molar refractivity (Wildman–Crippen MR) is 75.3 cm³/mol. The highest BCUT2D eigenvalue weighted by Crippen LogP contribution is 2.36. The molecule has 0 bridgehead atoms. The molecule has 2 aromatic rings. The third kappa shape index (κ3) is 2.79. The highest BCUT2D eigenvalue weighted by molar-refractivity contribution is 9.11. The van der Waals surface area contributed by atoms with Crippen LogP contribution in [0.25, 0.3) is 0 Å². The molecule has 0 spiro atoms. The van der Waals surface area contributed by atoms with Gasteiger partial charge in [-0.05, 0) is 62.5 Å². The molecule has 0 radical (unpaired) electrons. The first kappa shape index (κ1) is 12.4. The number of anilines is 1. The van der Waals surface area contributed by atoms with Gasteiger partial charge < -0.3 is 10.5 Å². The van der Waals surface area contributed by atoms with Gasteiger partial charge in [-0.15, -0.1) is 0 Å². The molecular weight excluding hydrogens is 348 g/mol. The van der Waals surface area contributed by atoms with Crippen molar-refractivity contribution in [2.45, 2.75) is 6.92 Å². The van der Waals surface area contributed by atoms with Gasteiger partial charge in [0.15, 0.2) is 5.75 Å². The van der Waals surface area contributed by atoms with E-state index in [4.69, 9.17) is 10.5 Å². The molecule has 2 rings (SSSR count). The Bertz CT molecular complexity index is 538. The lowest BCUT2D eigenvalue weighted by Crippen LogP contribution is -1.95. The van der Waals surface area contributed by atoms with E-state index in [0.717, 1.165) is 14.5 Å². The monoisotopic (exact) mass is 356 g/mol. The molecule has 5 heteroatoms. The average molecular weight is 358 g/mol. The van der Waals surface area contributed by atoms with E-state index in [1.807, 2.05) is 25.1 Å². The Balaban J connectivity index is 2.38. The normalized spacial score (nSPS) is 10.3. The molecule has 0 aliphatic rings. The molecule has 1 aromatic carbocycles. The molecule has 88 valence electrons. The molecule has 0 saturated heterocycles. The van der Waals surface area contributed by atoms with Gasteiger partial charge in [-0.2, -0.15) is 0 Å². The first-order valence-corrected chi connectivity index (χ1v) is 6.50. The Morgan fingerprint density at radius 1 is 1.24 bits per heavy atom. The Labute approximate surface area is 116 Å². The number of aryl methyl sites for hydroxylation is 1. The first-order valence-electron chi connectivity index (χ1n) is 4.92. The van der Waals surface area contributed by atoms with E-state index in [2.05, 4.69) is 36.8 Å². The second kappa shape index (κ2) is 5.06. The number of hydrogen-bond acceptors (Lipinski definition) is 3. The molecule has 0 fully saturated rings. The van der Waals surface area contributed by atoms with Crippen molar-refractivity contribution in [3.05, 3.63) is 45.0 Å². The van der Waals surface area contributed by atoms with E-state index in [-0.39, 0.29) is 0 Å². The minimum atomic E-state index is 0.495. The van der Waals surface area contributed by atoms with Crippen molar-refractivity contribution in [3.8, 4) is 11.6 Å². The Morgan fingerprint density at radius 2 is 2.00 bits per heavy atom. The van der Waals surface area contributed by atoms with Crippen molar-refractivity contribution >= 4 is 37.5 Å². The molecule has 0 unspecified atom stereocenters. The SMILES string of the molecule is Cc1cnc(Oc2c(N)cccc2Br)c(Br)c1. The summed E-state index contributed by atoms with van der Waals surface area (Å²) in [5.41, 5.74) is 7.47. The number of nitrogens with zero attached hydrogens (tertiary/aromatic N) is 1. The highest BCUT2D eigenvalue weighted by atomic mass is 79.9. The number of benzene rings is 1. The summed E-state index contributed by atoms with van der Waals surface area (Å²) in [6.45, 7) is 1.97. The minimum Gasteiger partial charge on any atom is -0.435 e. The second-order valence-corrected chi connectivity index (χ2v) is 5.27. The van der Waals surface area contributed by atoms with Crippen molar-refractivity contribution in [1.82, 2.24) is 4.98 Å². The lowest BCUT2D eigenvalue weighted by atomic mass is 10.3. The fourth-order valence-electron chi connectivity index (χ4n) is 1.33. The van der Waals surface area contributed by atoms with Crippen LogP contribution < -0.4 is 10.5 Å². The molecule has 0 aliphatic carbocycles. The summed E-state index contributed by atoms with van der Waals surface area (Å²) in [4.78, 5) is 4.21. The van der Waals surface area contributed by atoms with Gasteiger partial charge in [-0.25, -0.2) is 4.98 Å². The van der Waals surface area contributed by atoms with Gasteiger partial charge in [-0.3, -0.25) is 0 Å². The fourth-order valence-corrected chi connectivity index (χ4v) is 2.33. The zero-order chi connectivity index (χ0) is 12.4. The Morgan fingerprint density at radius 3 is 2.65 bits per heavy atom. The average Bonchev–Trinajstić information content (AvgIpc) is 2.26. The van der Waals surface area contributed by atoms with Crippen molar-refractivity contribution in [2.24, 2.45) is 0 Å². The summed E-state index contributed by atoms with van der Waals surface area (Å²) < 4.78 is 7.29. The topological polar surface area (TPSA) is 48.1 Å². The molecule has 2 N–H and O–H groups in total. The number of aromatic nitrogens is 1. The first-order chi connectivity index (χ1) is 8.08. The van der Waals surface area contributed by atoms with Gasteiger partial charge in [0.2, 0.25) is 5.88 Å². The van der Waals surface area contributed by atoms with E-state index in [1.165, 1.54) is 0 Å². The smallest absolute Gasteiger partial charge is 0.233 e. The predicted octanol–water partition coefficient (Wildman–Crippen LogP) is 4.29. The van der Waals surface area contributed by atoms with Crippen LogP contribution in [-0.4, -0.2) is 4.98 Å². The van der Waals surface area contributed by atoms with Gasteiger partial charge in [-0.1, -0.05) is 6.07 Å². The molecule has 1 heterocycles. The summed E-state index contributed by atoms with van der Waals surface area (Å²) in [5.74, 6) is 1.07. The summed E-state index contributed by atoms with van der Waals surface area (Å²) in [6, 6.07) is 7.44. The maximum atomic E-state index is 5.85. The van der Waals surface area contributed by atoms with E-state index >= 15 is 0 Å². The van der Waals surface area contributed by atoms with Crippen LogP contribution >= 0.6 is 31.9 Å². The zero-order valence-corrected chi connectivity index (χ0v) is 12.2. The van der Waals surface area contributed by atoms with E-state index in [0.29, 0.717) is 17.3 Å². The van der Waals surface area contributed by atoms with Gasteiger partial charge in [0.05, 0.1) is 14.6 Å². The van der Waals surface area contributed by atoms with Gasteiger partial charge in [0.25, 0.3) is 0 Å². The number of para-hydroxylation sites is 1. The van der Waals surface area contributed by atoms with Crippen LogP contribution in [0.3, 0.4) is 0 Å². The van der Waals surface area contributed by atoms with Gasteiger partial charge >= 0.3 is 0 Å². The van der Waals surface area contributed by atoms with E-state index < -0.39 is 0 Å². The van der Waals surface area contributed by atoms with E-state index in [9.17, 15) is 0 Å². The molecule has 1 aromatic heterocycles. The molecule has 3 nitrogen and oxygen atoms in total. The standard InChI is InChI=1S/C12H10Br2N2O/c1-7-5-9(14)12(16-6-7)17-11-8(13)3-2-4-10(11)15/h2-6H,15H2,1H3. The number of ether oxygens (including phenoxy) is 1. The molecule has 0 saturated carbocycles. The summed E-state index contributed by atoms with van der Waals surface area (Å²) in [5, 5.41) is 0. The molecule has 0 atom stereocenters. The van der Waals surface area contributed by atoms with E-state index in [1.54, 1.807) is 12.3 Å². The van der Waals surface area contributed by atoms with Crippen LogP contribution in [0.4, 0.5) is 5.69 Å². The van der Waals surface area contributed by atoms with Gasteiger partial charge in [0, 0.05) is 6.20 Å². The quantitative estimate of drug-likeness (QED) is 0.815. The zero-order valence-electron chi connectivity index (χ0n) is 9.08. The number of nitrogen functional groups attached to an aromatic ring is 1. The van der Waals surface area contributed by atoms with Crippen LogP contribution in [0.15, 0.2) is 39.4 Å². The van der Waals surface area contributed by atoms with Crippen LogP contribution in [0, 0.1) is 6.92 Å². The number of halogens is 2. The lowest BCUT2D eigenvalue weighted by Gasteiger charge is -2.10. The van der Waals surface area contributed by atoms with Crippen LogP contribution in [0.1, 0.15) is 5.56 Å². The lowest BCUT2D eigenvalue weighted by molar-refractivity contribution is 0.459. The van der Waals surface area contributed by atoms with Gasteiger partial charge in [0.1, 0.15) is 0 Å². The summed E-state index contributed by atoms with van der Waals surface area (Å²) in [6.07, 6.45) is 1.74. The number of hydrogen-bond donors (Lipinski definition) is 1. The Hall–Kier alpha value is -1.07. The van der Waals surface area contributed by atoms with Crippen molar-refractivity contribution < 1.29 is 4.74 Å².